The van der Waals surface area contributed by atoms with E-state index in [4.69, 9.17) is 4.74 Å². The van der Waals surface area contributed by atoms with E-state index < -0.39 is 29.3 Å². The molecular weight excluding hydrogens is 418 g/mol. The number of carbonyl (C=O) groups excluding carboxylic acids is 1. The first-order chi connectivity index (χ1) is 15.3. The average molecular weight is 442 g/mol. The van der Waals surface area contributed by atoms with Crippen molar-refractivity contribution in [2.75, 3.05) is 13.2 Å². The second-order valence-electron chi connectivity index (χ2n) is 8.09. The second kappa shape index (κ2) is 8.88. The molecule has 6 nitrogen and oxygen atoms in total. The van der Waals surface area contributed by atoms with Crippen LogP contribution in [0.1, 0.15) is 52.9 Å². The summed E-state index contributed by atoms with van der Waals surface area (Å²) in [6, 6.07) is 5.41. The molecule has 0 radical (unpaired) electrons. The molecule has 32 heavy (non-hydrogen) atoms. The molecule has 8 heteroatoms. The second-order valence-corrected chi connectivity index (χ2v) is 8.09. The van der Waals surface area contributed by atoms with E-state index in [9.17, 15) is 19.1 Å². The number of hydrogen-bond donors (Lipinski definition) is 1. The predicted molar refractivity (Wildman–Crippen MR) is 115 cm³/mol. The zero-order chi connectivity index (χ0) is 23.0. The van der Waals surface area contributed by atoms with Crippen LogP contribution in [0.2, 0.25) is 0 Å². The summed E-state index contributed by atoms with van der Waals surface area (Å²) in [6.07, 6.45) is 1.24. The number of aliphatic hydroxyl groups is 1. The minimum Gasteiger partial charge on any atom is -0.389 e. The largest absolute Gasteiger partial charge is 0.389 e. The Morgan fingerprint density at radius 3 is 2.78 bits per heavy atom. The summed E-state index contributed by atoms with van der Waals surface area (Å²) in [5.41, 5.74) is 0.941. The quantitative estimate of drug-likeness (QED) is 0.612. The maximum absolute atomic E-state index is 15.1. The lowest BCUT2D eigenvalue weighted by atomic mass is 9.96. The minimum atomic E-state index is -0.859. The van der Waals surface area contributed by atoms with E-state index in [0.717, 1.165) is 0 Å². The molecule has 2 atom stereocenters. The molecular formula is C24H24F2N2O4. The Morgan fingerprint density at radius 1 is 1.31 bits per heavy atom. The standard InChI is InChI=1S/C24H24F2N2O4/c1-3-20(29)16-5-4-14(9-18(16)25)8-15-10-17-23(22(26)13(15)2)27-12-28(24(17)31)19-6-7-32-11-21(19)30/h4-5,9-10,12,19,21,30H,3,6-8,11H2,1-2H3/t19-,21-/m0/s1. The van der Waals surface area contributed by atoms with E-state index in [1.165, 1.54) is 23.0 Å². The van der Waals surface area contributed by atoms with E-state index >= 15 is 4.39 Å². The predicted octanol–water partition coefficient (Wildman–Crippen LogP) is 3.49. The maximum atomic E-state index is 15.1. The number of halogens is 2. The number of carbonyl (C=O) groups is 1. The molecule has 1 aliphatic rings. The number of fused-ring (bicyclic) bond motifs is 1. The van der Waals surface area contributed by atoms with Gasteiger partial charge in [-0.1, -0.05) is 13.0 Å². The lowest BCUT2D eigenvalue weighted by molar-refractivity contribution is -0.0395. The van der Waals surface area contributed by atoms with Gasteiger partial charge in [0.2, 0.25) is 0 Å². The molecule has 2 heterocycles. The number of hydrogen-bond acceptors (Lipinski definition) is 5. The Morgan fingerprint density at radius 2 is 2.09 bits per heavy atom. The molecule has 0 spiro atoms. The van der Waals surface area contributed by atoms with Crippen LogP contribution in [0.4, 0.5) is 8.78 Å². The fraction of sp³-hybridized carbons (Fsp3) is 0.375. The molecule has 3 aromatic rings. The van der Waals surface area contributed by atoms with E-state index in [-0.39, 0.29) is 41.7 Å². The van der Waals surface area contributed by atoms with Crippen molar-refractivity contribution in [3.8, 4) is 0 Å². The van der Waals surface area contributed by atoms with Crippen molar-refractivity contribution in [3.05, 3.63) is 74.8 Å². The summed E-state index contributed by atoms with van der Waals surface area (Å²) in [5.74, 6) is -1.51. The number of aromatic nitrogens is 2. The fourth-order valence-corrected chi connectivity index (χ4v) is 4.15. The van der Waals surface area contributed by atoms with Crippen molar-refractivity contribution in [1.82, 2.24) is 9.55 Å². The summed E-state index contributed by atoms with van der Waals surface area (Å²) < 4.78 is 36.0. The van der Waals surface area contributed by atoms with Gasteiger partial charge in [-0.3, -0.25) is 14.2 Å². The highest BCUT2D eigenvalue weighted by Gasteiger charge is 2.27. The summed E-state index contributed by atoms with van der Waals surface area (Å²) in [6.45, 7) is 3.77. The molecule has 1 aromatic heterocycles. The van der Waals surface area contributed by atoms with Crippen LogP contribution < -0.4 is 5.56 Å². The van der Waals surface area contributed by atoms with Crippen molar-refractivity contribution >= 4 is 16.7 Å². The first kappa shape index (κ1) is 22.2. The van der Waals surface area contributed by atoms with Crippen LogP contribution in [0.5, 0.6) is 0 Å². The van der Waals surface area contributed by atoms with Crippen LogP contribution >= 0.6 is 0 Å². The average Bonchev–Trinajstić information content (AvgIpc) is 2.78. The zero-order valence-corrected chi connectivity index (χ0v) is 17.9. The van der Waals surface area contributed by atoms with Gasteiger partial charge < -0.3 is 9.84 Å². The van der Waals surface area contributed by atoms with Crippen molar-refractivity contribution in [2.45, 2.75) is 45.3 Å². The first-order valence-electron chi connectivity index (χ1n) is 10.6. The number of nitrogens with zero attached hydrogens (tertiary/aromatic N) is 2. The molecule has 4 rings (SSSR count). The van der Waals surface area contributed by atoms with Crippen molar-refractivity contribution in [2.24, 2.45) is 0 Å². The van der Waals surface area contributed by atoms with Crippen LogP contribution in [0.15, 0.2) is 35.4 Å². The number of aliphatic hydroxyl groups excluding tert-OH is 1. The Bertz CT molecular complexity index is 1250. The van der Waals surface area contributed by atoms with Crippen molar-refractivity contribution < 1.29 is 23.4 Å². The Labute approximate surface area is 183 Å². The van der Waals surface area contributed by atoms with Gasteiger partial charge in [-0.2, -0.15) is 0 Å². The van der Waals surface area contributed by atoms with Gasteiger partial charge in [-0.05, 0) is 54.7 Å². The molecule has 1 N–H and O–H groups in total. The molecule has 168 valence electrons. The highest BCUT2D eigenvalue weighted by atomic mass is 19.1. The number of benzene rings is 2. The first-order valence-corrected chi connectivity index (χ1v) is 10.6. The van der Waals surface area contributed by atoms with Gasteiger partial charge in [0.05, 0.1) is 36.0 Å². The third-order valence-corrected chi connectivity index (χ3v) is 6.07. The molecule has 0 saturated carbocycles. The molecule has 0 bridgehead atoms. The number of Topliss-reactive ketones (excluding diaryl/α,β-unsaturated/α-hetero) is 1. The lowest BCUT2D eigenvalue weighted by Crippen LogP contribution is -2.39. The van der Waals surface area contributed by atoms with Gasteiger partial charge in [0.1, 0.15) is 11.3 Å². The number of rotatable bonds is 5. The van der Waals surface area contributed by atoms with Crippen LogP contribution in [0, 0.1) is 18.6 Å². The molecule has 1 fully saturated rings. The van der Waals surface area contributed by atoms with Gasteiger partial charge in [0, 0.05) is 13.0 Å². The Kier molecular flexibility index (Phi) is 6.17. The monoisotopic (exact) mass is 442 g/mol. The van der Waals surface area contributed by atoms with Crippen LogP contribution in [-0.2, 0) is 11.2 Å². The zero-order valence-electron chi connectivity index (χ0n) is 17.9. The molecule has 1 aliphatic heterocycles. The lowest BCUT2D eigenvalue weighted by Gasteiger charge is -2.29. The van der Waals surface area contributed by atoms with Crippen LogP contribution in [-0.4, -0.2) is 39.8 Å². The van der Waals surface area contributed by atoms with E-state index in [1.807, 2.05) is 0 Å². The van der Waals surface area contributed by atoms with E-state index in [2.05, 4.69) is 4.98 Å². The SMILES string of the molecule is CCC(=O)c1ccc(Cc2cc3c(=O)n([C@H]4CCOC[C@@H]4O)cnc3c(F)c2C)cc1F. The summed E-state index contributed by atoms with van der Waals surface area (Å²) in [4.78, 5) is 29.1. The summed E-state index contributed by atoms with van der Waals surface area (Å²) >= 11 is 0. The third-order valence-electron chi connectivity index (χ3n) is 6.07. The maximum Gasteiger partial charge on any atom is 0.261 e. The molecule has 0 amide bonds. The van der Waals surface area contributed by atoms with Crippen LogP contribution in [0.25, 0.3) is 10.9 Å². The molecule has 1 saturated heterocycles. The van der Waals surface area contributed by atoms with Gasteiger partial charge in [0.25, 0.3) is 5.56 Å². The fourth-order valence-electron chi connectivity index (χ4n) is 4.15. The third kappa shape index (κ3) is 3.96. The Hall–Kier alpha value is -2.97. The molecule has 0 unspecified atom stereocenters. The smallest absolute Gasteiger partial charge is 0.261 e. The van der Waals surface area contributed by atoms with E-state index in [0.29, 0.717) is 29.7 Å². The minimum absolute atomic E-state index is 0.0276. The highest BCUT2D eigenvalue weighted by Crippen LogP contribution is 2.26. The van der Waals surface area contributed by atoms with Gasteiger partial charge in [-0.25, -0.2) is 13.8 Å². The van der Waals surface area contributed by atoms with E-state index in [1.54, 1.807) is 26.0 Å². The number of ketones is 1. The van der Waals surface area contributed by atoms with Crippen LogP contribution in [0.3, 0.4) is 0 Å². The van der Waals surface area contributed by atoms with Crippen molar-refractivity contribution in [1.29, 1.82) is 0 Å². The normalized spacial score (nSPS) is 18.8. The van der Waals surface area contributed by atoms with Crippen molar-refractivity contribution in [3.63, 3.8) is 0 Å². The summed E-state index contributed by atoms with van der Waals surface area (Å²) in [7, 11) is 0. The topological polar surface area (TPSA) is 81.4 Å². The van der Waals surface area contributed by atoms with Gasteiger partial charge >= 0.3 is 0 Å². The van der Waals surface area contributed by atoms with Gasteiger partial charge in [-0.15, -0.1) is 0 Å². The Balaban J connectivity index is 1.76. The van der Waals surface area contributed by atoms with Gasteiger partial charge in [0.15, 0.2) is 11.6 Å². The summed E-state index contributed by atoms with van der Waals surface area (Å²) in [5, 5.41) is 10.3. The number of ether oxygens (including phenoxy) is 1. The highest BCUT2D eigenvalue weighted by molar-refractivity contribution is 5.96. The molecule has 2 aromatic carbocycles. The molecule has 0 aliphatic carbocycles.